The lowest BCUT2D eigenvalue weighted by atomic mass is 9.86. The van der Waals surface area contributed by atoms with Gasteiger partial charge in [-0.05, 0) is 89.9 Å². The van der Waals surface area contributed by atoms with Crippen LogP contribution in [0.1, 0.15) is 45.6 Å². The van der Waals surface area contributed by atoms with Crippen LogP contribution in [0, 0.1) is 5.92 Å². The number of benzene rings is 1. The molecule has 0 spiro atoms. The van der Waals surface area contributed by atoms with Crippen LogP contribution in [0.15, 0.2) is 69.5 Å². The highest BCUT2D eigenvalue weighted by molar-refractivity contribution is 7.85. The number of rotatable bonds is 9. The zero-order valence-corrected chi connectivity index (χ0v) is 25.9. The number of hydrogen-bond donors (Lipinski definition) is 1. The second-order valence-electron chi connectivity index (χ2n) is 11.1. The normalized spacial score (nSPS) is 18.3. The number of pyridine rings is 2. The Labute approximate surface area is 253 Å². The molecule has 9 nitrogen and oxygen atoms in total. The Morgan fingerprint density at radius 3 is 2.55 bits per heavy atom. The Bertz CT molecular complexity index is 1660. The van der Waals surface area contributed by atoms with E-state index in [1.807, 2.05) is 32.2 Å². The highest BCUT2D eigenvalue weighted by Gasteiger charge is 2.21. The molecule has 0 amide bonds. The van der Waals surface area contributed by atoms with Gasteiger partial charge in [-0.1, -0.05) is 23.7 Å². The van der Waals surface area contributed by atoms with Gasteiger partial charge in [0.2, 0.25) is 0 Å². The van der Waals surface area contributed by atoms with Gasteiger partial charge >= 0.3 is 0 Å². The van der Waals surface area contributed by atoms with Crippen LogP contribution < -0.4 is 10.9 Å². The van der Waals surface area contributed by atoms with E-state index in [2.05, 4.69) is 44.3 Å². The predicted octanol–water partition coefficient (Wildman–Crippen LogP) is 6.09. The van der Waals surface area contributed by atoms with E-state index in [1.54, 1.807) is 47.3 Å². The zero-order valence-electron chi connectivity index (χ0n) is 24.3. The van der Waals surface area contributed by atoms with Crippen molar-refractivity contribution in [3.8, 4) is 11.1 Å². The standard InChI is InChI=1S/C31H36ClN7O2S/c1-20(2)39-29-23(18-35-31(37-29)34-16-21-9-12-24(13-10-21)38(3)4)15-25(30(39)40)22-11-14-28(33-17-22)36-19-42(41)27-8-6-5-7-26(27)32/h5-8,11,14-18,20-21,24H,9-10,12-13,19H2,1-4H3,(H,33,36). The van der Waals surface area contributed by atoms with Gasteiger partial charge in [0.25, 0.3) is 11.5 Å². The molecule has 3 heterocycles. The summed E-state index contributed by atoms with van der Waals surface area (Å²) in [5.74, 6) is 1.48. The largest absolute Gasteiger partial charge is 0.358 e. The summed E-state index contributed by atoms with van der Waals surface area (Å²) >= 11 is 6.17. The number of hydrogen-bond acceptors (Lipinski definition) is 8. The molecular weight excluding hydrogens is 570 g/mol. The molecule has 1 saturated carbocycles. The molecule has 0 saturated heterocycles. The number of fused-ring (bicyclic) bond motifs is 1. The van der Waals surface area contributed by atoms with Gasteiger partial charge in [0.1, 0.15) is 11.5 Å². The van der Waals surface area contributed by atoms with Crippen molar-refractivity contribution in [2.75, 3.05) is 25.3 Å². The molecule has 0 radical (unpaired) electrons. The van der Waals surface area contributed by atoms with Crippen molar-refractivity contribution in [2.24, 2.45) is 10.9 Å². The highest BCUT2D eigenvalue weighted by atomic mass is 35.5. The molecule has 1 aliphatic carbocycles. The number of halogens is 1. The van der Waals surface area contributed by atoms with E-state index >= 15 is 0 Å². The van der Waals surface area contributed by atoms with E-state index in [0.717, 1.165) is 31.1 Å². The van der Waals surface area contributed by atoms with Crippen LogP contribution in [0.3, 0.4) is 0 Å². The quantitative estimate of drug-likeness (QED) is 0.230. The summed E-state index contributed by atoms with van der Waals surface area (Å²) in [7, 11) is 2.94. The first kappa shape index (κ1) is 30.0. The molecule has 1 fully saturated rings. The molecule has 42 heavy (non-hydrogen) atoms. The number of nitrogens with one attached hydrogen (secondary N) is 1. The molecule has 5 rings (SSSR count). The van der Waals surface area contributed by atoms with E-state index in [9.17, 15) is 9.00 Å². The molecule has 1 aromatic carbocycles. The van der Waals surface area contributed by atoms with Crippen molar-refractivity contribution in [3.63, 3.8) is 0 Å². The zero-order chi connectivity index (χ0) is 29.8. The van der Waals surface area contributed by atoms with Crippen LogP contribution in [0.4, 0.5) is 11.8 Å². The minimum Gasteiger partial charge on any atom is -0.358 e. The van der Waals surface area contributed by atoms with E-state index in [4.69, 9.17) is 11.6 Å². The minimum atomic E-state index is -1.34. The van der Waals surface area contributed by atoms with Gasteiger partial charge in [-0.15, -0.1) is 0 Å². The van der Waals surface area contributed by atoms with Crippen molar-refractivity contribution >= 4 is 51.4 Å². The minimum absolute atomic E-state index is 0.123. The van der Waals surface area contributed by atoms with E-state index < -0.39 is 10.8 Å². The van der Waals surface area contributed by atoms with E-state index in [0.29, 0.717) is 50.4 Å². The van der Waals surface area contributed by atoms with Gasteiger partial charge in [0, 0.05) is 47.2 Å². The van der Waals surface area contributed by atoms with Gasteiger partial charge in [-0.25, -0.2) is 15.0 Å². The summed E-state index contributed by atoms with van der Waals surface area (Å²) in [6.07, 6.45) is 9.86. The molecule has 1 N–H and O–H groups in total. The molecule has 0 bridgehead atoms. The van der Waals surface area contributed by atoms with Crippen LogP contribution in [0.25, 0.3) is 22.2 Å². The van der Waals surface area contributed by atoms with Crippen molar-refractivity contribution in [2.45, 2.75) is 56.5 Å². The molecule has 11 heteroatoms. The van der Waals surface area contributed by atoms with Crippen molar-refractivity contribution in [3.05, 3.63) is 70.2 Å². The second-order valence-corrected chi connectivity index (χ2v) is 12.9. The van der Waals surface area contributed by atoms with E-state index in [-0.39, 0.29) is 17.5 Å². The lowest BCUT2D eigenvalue weighted by Gasteiger charge is -2.31. The lowest BCUT2D eigenvalue weighted by molar-refractivity contribution is 0.215. The molecule has 220 valence electrons. The monoisotopic (exact) mass is 605 g/mol. The molecule has 4 aromatic rings. The van der Waals surface area contributed by atoms with E-state index in [1.165, 1.54) is 0 Å². The number of aliphatic imine (C=N–C) groups is 1. The molecular formula is C31H36ClN7O2S. The first-order valence-electron chi connectivity index (χ1n) is 14.2. The van der Waals surface area contributed by atoms with Gasteiger partial charge < -0.3 is 10.2 Å². The third kappa shape index (κ3) is 6.77. The first-order chi connectivity index (χ1) is 20.2. The van der Waals surface area contributed by atoms with Gasteiger partial charge in [0.15, 0.2) is 0 Å². The fourth-order valence-corrected chi connectivity index (χ4v) is 6.65. The maximum Gasteiger partial charge on any atom is 0.260 e. The van der Waals surface area contributed by atoms with Gasteiger partial charge in [-0.3, -0.25) is 13.6 Å². The number of anilines is 1. The average molecular weight is 606 g/mol. The first-order valence-corrected chi connectivity index (χ1v) is 15.9. The maximum atomic E-state index is 13.7. The van der Waals surface area contributed by atoms with Crippen molar-refractivity contribution in [1.82, 2.24) is 24.4 Å². The van der Waals surface area contributed by atoms with Crippen molar-refractivity contribution < 1.29 is 4.21 Å². The smallest absolute Gasteiger partial charge is 0.260 e. The van der Waals surface area contributed by atoms with Crippen LogP contribution in [0.5, 0.6) is 0 Å². The molecule has 1 aliphatic rings. The molecule has 0 aliphatic heterocycles. The number of aromatic nitrogens is 4. The summed E-state index contributed by atoms with van der Waals surface area (Å²) < 4.78 is 14.3. The van der Waals surface area contributed by atoms with Gasteiger partial charge in [0.05, 0.1) is 26.6 Å². The molecule has 1 atom stereocenters. The van der Waals surface area contributed by atoms with Crippen LogP contribution in [-0.4, -0.2) is 60.9 Å². The summed E-state index contributed by atoms with van der Waals surface area (Å²) in [5.41, 5.74) is 1.58. The third-order valence-electron chi connectivity index (χ3n) is 7.69. The summed E-state index contributed by atoms with van der Waals surface area (Å²) in [6.45, 7) is 3.92. The molecule has 1 unspecified atom stereocenters. The summed E-state index contributed by atoms with van der Waals surface area (Å²) in [4.78, 5) is 34.8. The molecule has 3 aromatic heterocycles. The number of nitrogens with zero attached hydrogens (tertiary/aromatic N) is 6. The van der Waals surface area contributed by atoms with Gasteiger partial charge in [-0.2, -0.15) is 4.98 Å². The topological polar surface area (TPSA) is 105 Å². The highest BCUT2D eigenvalue weighted by Crippen LogP contribution is 2.27. The maximum absolute atomic E-state index is 13.7. The van der Waals surface area contributed by atoms with Crippen LogP contribution >= 0.6 is 11.6 Å². The van der Waals surface area contributed by atoms with Crippen molar-refractivity contribution in [1.29, 1.82) is 0 Å². The Morgan fingerprint density at radius 2 is 1.88 bits per heavy atom. The predicted molar refractivity (Wildman–Crippen MR) is 171 cm³/mol. The Kier molecular flexibility index (Phi) is 9.45. The fraction of sp³-hybridized carbons (Fsp3) is 0.387. The summed E-state index contributed by atoms with van der Waals surface area (Å²) in [6, 6.07) is 13.0. The third-order valence-corrected chi connectivity index (χ3v) is 9.38. The fourth-order valence-electron chi connectivity index (χ4n) is 5.30. The Balaban J connectivity index is 1.35. The lowest BCUT2D eigenvalue weighted by Crippen LogP contribution is -2.32. The van der Waals surface area contributed by atoms with Crippen LogP contribution in [-0.2, 0) is 10.8 Å². The Morgan fingerprint density at radius 1 is 1.12 bits per heavy atom. The SMILES string of the molecule is CC(C)n1c(=O)c(-c2ccc(NCS(=O)c3ccccc3Cl)nc2)cc2cnc(N=CC3CCC(N(C)C)CC3)nc21. The second kappa shape index (κ2) is 13.2. The van der Waals surface area contributed by atoms with Crippen LogP contribution in [0.2, 0.25) is 5.02 Å². The Hall–Kier alpha value is -3.47. The summed E-state index contributed by atoms with van der Waals surface area (Å²) in [5, 5.41) is 4.30. The average Bonchev–Trinajstić information content (AvgIpc) is 2.99.